The van der Waals surface area contributed by atoms with Gasteiger partial charge in [0.05, 0.1) is 16.8 Å². The van der Waals surface area contributed by atoms with E-state index in [1.54, 1.807) is 16.8 Å². The fourth-order valence-electron chi connectivity index (χ4n) is 3.04. The van der Waals surface area contributed by atoms with Gasteiger partial charge in [0.25, 0.3) is 5.91 Å². The highest BCUT2D eigenvalue weighted by Gasteiger charge is 2.15. The van der Waals surface area contributed by atoms with E-state index in [0.29, 0.717) is 22.9 Å². The molecule has 1 N–H and O–H groups in total. The smallest absolute Gasteiger partial charge is 0.251 e. The molecule has 3 aromatic rings. The SMILES string of the molecule is Cc1ccc(Cl)c(OCc2ccc(C(=O)NC(C)c3cn(C)nc3C)cc2)c1. The van der Waals surface area contributed by atoms with Gasteiger partial charge in [0.1, 0.15) is 12.4 Å². The standard InChI is InChI=1S/C22H24ClN3O2/c1-14-5-10-20(23)21(11-14)28-13-17-6-8-18(9-7-17)22(27)24-15(2)19-12-26(4)25-16(19)3/h5-12,15H,13H2,1-4H3,(H,24,27). The van der Waals surface area contributed by atoms with Crippen LogP contribution in [0.3, 0.4) is 0 Å². The van der Waals surface area contributed by atoms with E-state index >= 15 is 0 Å². The molecule has 0 saturated heterocycles. The summed E-state index contributed by atoms with van der Waals surface area (Å²) in [6.45, 7) is 6.27. The van der Waals surface area contributed by atoms with Gasteiger partial charge in [0.15, 0.2) is 0 Å². The summed E-state index contributed by atoms with van der Waals surface area (Å²) in [5.74, 6) is 0.536. The van der Waals surface area contributed by atoms with Crippen LogP contribution in [-0.4, -0.2) is 15.7 Å². The van der Waals surface area contributed by atoms with Gasteiger partial charge in [-0.1, -0.05) is 29.8 Å². The number of aryl methyl sites for hydroxylation is 3. The lowest BCUT2D eigenvalue weighted by molar-refractivity contribution is 0.0939. The van der Waals surface area contributed by atoms with Crippen molar-refractivity contribution in [2.24, 2.45) is 7.05 Å². The Bertz CT molecular complexity index is 980. The molecule has 0 aliphatic rings. The maximum absolute atomic E-state index is 12.5. The summed E-state index contributed by atoms with van der Waals surface area (Å²) in [5, 5.41) is 7.92. The summed E-state index contributed by atoms with van der Waals surface area (Å²) in [6, 6.07) is 12.9. The molecule has 1 unspecified atom stereocenters. The first-order valence-electron chi connectivity index (χ1n) is 9.12. The van der Waals surface area contributed by atoms with Gasteiger partial charge in [-0.15, -0.1) is 0 Å². The maximum atomic E-state index is 12.5. The molecule has 6 heteroatoms. The molecule has 1 amide bonds. The minimum absolute atomic E-state index is 0.118. The zero-order valence-corrected chi connectivity index (χ0v) is 17.2. The van der Waals surface area contributed by atoms with E-state index < -0.39 is 0 Å². The first-order valence-corrected chi connectivity index (χ1v) is 9.50. The molecule has 0 aliphatic heterocycles. The number of amides is 1. The third-order valence-electron chi connectivity index (χ3n) is 4.56. The molecule has 0 saturated carbocycles. The molecule has 0 bridgehead atoms. The fourth-order valence-corrected chi connectivity index (χ4v) is 3.21. The number of rotatable bonds is 6. The molecule has 28 heavy (non-hydrogen) atoms. The molecule has 2 aromatic carbocycles. The van der Waals surface area contributed by atoms with E-state index in [9.17, 15) is 4.79 Å². The lowest BCUT2D eigenvalue weighted by atomic mass is 10.1. The summed E-state index contributed by atoms with van der Waals surface area (Å²) in [6.07, 6.45) is 1.93. The predicted octanol–water partition coefficient (Wildman–Crippen LogP) is 4.76. The van der Waals surface area contributed by atoms with Crippen LogP contribution in [0.2, 0.25) is 5.02 Å². The molecular formula is C22H24ClN3O2. The van der Waals surface area contributed by atoms with Gasteiger partial charge in [0, 0.05) is 24.4 Å². The van der Waals surface area contributed by atoms with Gasteiger partial charge >= 0.3 is 0 Å². The predicted molar refractivity (Wildman–Crippen MR) is 111 cm³/mol. The van der Waals surface area contributed by atoms with E-state index in [1.165, 1.54) is 0 Å². The van der Waals surface area contributed by atoms with Crippen molar-refractivity contribution in [3.05, 3.63) is 81.6 Å². The van der Waals surface area contributed by atoms with Crippen LogP contribution in [0.1, 0.15) is 45.7 Å². The third-order valence-corrected chi connectivity index (χ3v) is 4.87. The van der Waals surface area contributed by atoms with Crippen LogP contribution in [0.15, 0.2) is 48.7 Å². The van der Waals surface area contributed by atoms with Crippen LogP contribution in [0.4, 0.5) is 0 Å². The third kappa shape index (κ3) is 4.73. The number of halogens is 1. The minimum Gasteiger partial charge on any atom is -0.487 e. The van der Waals surface area contributed by atoms with Crippen molar-refractivity contribution in [1.82, 2.24) is 15.1 Å². The molecule has 5 nitrogen and oxygen atoms in total. The molecule has 0 radical (unpaired) electrons. The fraction of sp³-hybridized carbons (Fsp3) is 0.273. The number of aromatic nitrogens is 2. The number of carbonyl (C=O) groups is 1. The van der Waals surface area contributed by atoms with Crippen molar-refractivity contribution in [3.8, 4) is 5.75 Å². The summed E-state index contributed by atoms with van der Waals surface area (Å²) < 4.78 is 7.55. The summed E-state index contributed by atoms with van der Waals surface area (Å²) in [7, 11) is 1.87. The average Bonchev–Trinajstić information content (AvgIpc) is 3.01. The molecule has 1 aromatic heterocycles. The Morgan fingerprint density at radius 2 is 1.93 bits per heavy atom. The quantitative estimate of drug-likeness (QED) is 0.652. The maximum Gasteiger partial charge on any atom is 0.251 e. The lowest BCUT2D eigenvalue weighted by Gasteiger charge is -2.14. The van der Waals surface area contributed by atoms with E-state index in [4.69, 9.17) is 16.3 Å². The Morgan fingerprint density at radius 1 is 1.21 bits per heavy atom. The van der Waals surface area contributed by atoms with E-state index in [0.717, 1.165) is 22.4 Å². The van der Waals surface area contributed by atoms with Gasteiger partial charge in [0.2, 0.25) is 0 Å². The topological polar surface area (TPSA) is 56.1 Å². The molecule has 1 atom stereocenters. The van der Waals surface area contributed by atoms with E-state index in [2.05, 4.69) is 10.4 Å². The van der Waals surface area contributed by atoms with Crippen molar-refractivity contribution in [3.63, 3.8) is 0 Å². The van der Waals surface area contributed by atoms with Gasteiger partial charge in [-0.05, 0) is 56.2 Å². The highest BCUT2D eigenvalue weighted by molar-refractivity contribution is 6.32. The summed E-state index contributed by atoms with van der Waals surface area (Å²) in [5.41, 5.74) is 4.58. The van der Waals surface area contributed by atoms with Crippen LogP contribution in [-0.2, 0) is 13.7 Å². The Kier molecular flexibility index (Phi) is 6.05. The van der Waals surface area contributed by atoms with Crippen molar-refractivity contribution in [1.29, 1.82) is 0 Å². The van der Waals surface area contributed by atoms with E-state index in [-0.39, 0.29) is 11.9 Å². The van der Waals surface area contributed by atoms with Gasteiger partial charge in [-0.25, -0.2) is 0 Å². The first-order chi connectivity index (χ1) is 13.3. The molecule has 0 fully saturated rings. The second kappa shape index (κ2) is 8.48. The number of hydrogen-bond acceptors (Lipinski definition) is 3. The van der Waals surface area contributed by atoms with Crippen LogP contribution in [0.25, 0.3) is 0 Å². The molecule has 1 heterocycles. The monoisotopic (exact) mass is 397 g/mol. The second-order valence-corrected chi connectivity index (χ2v) is 7.37. The molecule has 3 rings (SSSR count). The Morgan fingerprint density at radius 3 is 2.57 bits per heavy atom. The lowest BCUT2D eigenvalue weighted by Crippen LogP contribution is -2.26. The van der Waals surface area contributed by atoms with Crippen LogP contribution in [0.5, 0.6) is 5.75 Å². The van der Waals surface area contributed by atoms with Gasteiger partial charge in [-0.2, -0.15) is 5.10 Å². The normalized spacial score (nSPS) is 11.9. The van der Waals surface area contributed by atoms with Crippen LogP contribution in [0, 0.1) is 13.8 Å². The number of nitrogens with one attached hydrogen (secondary N) is 1. The van der Waals surface area contributed by atoms with Crippen LogP contribution >= 0.6 is 11.6 Å². The number of nitrogens with zero attached hydrogens (tertiary/aromatic N) is 2. The van der Waals surface area contributed by atoms with Crippen molar-refractivity contribution in [2.75, 3.05) is 0 Å². The molecule has 0 spiro atoms. The Balaban J connectivity index is 1.61. The largest absolute Gasteiger partial charge is 0.487 e. The highest BCUT2D eigenvalue weighted by Crippen LogP contribution is 2.26. The van der Waals surface area contributed by atoms with Crippen molar-refractivity contribution in [2.45, 2.75) is 33.4 Å². The number of benzene rings is 2. The first kappa shape index (κ1) is 20.0. The summed E-state index contributed by atoms with van der Waals surface area (Å²) in [4.78, 5) is 12.5. The Labute approximate surface area is 170 Å². The zero-order chi connectivity index (χ0) is 20.3. The number of ether oxygens (including phenoxy) is 1. The number of hydrogen-bond donors (Lipinski definition) is 1. The second-order valence-electron chi connectivity index (χ2n) is 6.96. The summed E-state index contributed by atoms with van der Waals surface area (Å²) >= 11 is 6.16. The van der Waals surface area contributed by atoms with Gasteiger partial charge in [-0.3, -0.25) is 9.48 Å². The number of carbonyl (C=O) groups excluding carboxylic acids is 1. The molecular weight excluding hydrogens is 374 g/mol. The Hall–Kier alpha value is -2.79. The van der Waals surface area contributed by atoms with Gasteiger partial charge < -0.3 is 10.1 Å². The van der Waals surface area contributed by atoms with Crippen molar-refractivity contribution >= 4 is 17.5 Å². The average molecular weight is 398 g/mol. The van der Waals surface area contributed by atoms with E-state index in [1.807, 2.05) is 64.3 Å². The van der Waals surface area contributed by atoms with Crippen molar-refractivity contribution < 1.29 is 9.53 Å². The highest BCUT2D eigenvalue weighted by atomic mass is 35.5. The van der Waals surface area contributed by atoms with Crippen LogP contribution < -0.4 is 10.1 Å². The molecule has 0 aliphatic carbocycles. The molecule has 146 valence electrons. The minimum atomic E-state index is -0.120. The zero-order valence-electron chi connectivity index (χ0n) is 16.5.